The molecule has 0 spiro atoms. The van der Waals surface area contributed by atoms with Crippen LogP contribution in [0.1, 0.15) is 107 Å². The number of hydrogen-bond acceptors (Lipinski definition) is 2. The maximum absolute atomic E-state index is 11.9. The molecule has 0 N–H and O–H groups in total. The molecule has 0 aliphatic rings. The highest BCUT2D eigenvalue weighted by Crippen LogP contribution is 2.13. The average Bonchev–Trinajstić information content (AvgIpc) is 2.65. The first-order valence-electron chi connectivity index (χ1n) is 10.7. The molecule has 0 fully saturated rings. The molecule has 0 aromatic heterocycles. The fourth-order valence-corrected chi connectivity index (χ4v) is 3.49. The molecule has 0 aliphatic carbocycles. The number of ether oxygens (including phenoxy) is 1. The summed E-state index contributed by atoms with van der Waals surface area (Å²) < 4.78 is 6.46. The third-order valence-corrected chi connectivity index (χ3v) is 5.53. The Bertz CT molecular complexity index is 456. The molecule has 0 unspecified atom stereocenters. The number of carbonyl (C=O) groups is 1. The van der Waals surface area contributed by atoms with E-state index < -0.39 is 0 Å². The second-order valence-electron chi connectivity index (χ2n) is 7.24. The summed E-state index contributed by atoms with van der Waals surface area (Å²) in [7, 11) is 0. The summed E-state index contributed by atoms with van der Waals surface area (Å²) in [6, 6.07) is 7.53. The lowest BCUT2D eigenvalue weighted by Crippen LogP contribution is -2.06. The first kappa shape index (κ1) is 23.5. The summed E-state index contributed by atoms with van der Waals surface area (Å²) in [5.41, 5.74) is 0.649. The number of halogens is 1. The van der Waals surface area contributed by atoms with Gasteiger partial charge in [0, 0.05) is 3.57 Å². The highest BCUT2D eigenvalue weighted by molar-refractivity contribution is 14.1. The van der Waals surface area contributed by atoms with Gasteiger partial charge >= 0.3 is 5.97 Å². The monoisotopic (exact) mass is 472 g/mol. The van der Waals surface area contributed by atoms with Crippen molar-refractivity contribution in [3.05, 3.63) is 33.4 Å². The number of hydrogen-bond donors (Lipinski definition) is 0. The first-order valence-corrected chi connectivity index (χ1v) is 11.7. The van der Waals surface area contributed by atoms with Gasteiger partial charge in [-0.1, -0.05) is 90.4 Å². The summed E-state index contributed by atoms with van der Waals surface area (Å²) in [4.78, 5) is 11.9. The minimum absolute atomic E-state index is 0.198. The van der Waals surface area contributed by atoms with Crippen molar-refractivity contribution in [1.29, 1.82) is 0 Å². The van der Waals surface area contributed by atoms with E-state index in [-0.39, 0.29) is 5.97 Å². The van der Waals surface area contributed by atoms with Crippen molar-refractivity contribution in [2.24, 2.45) is 0 Å². The molecule has 2 nitrogen and oxygen atoms in total. The molecule has 0 amide bonds. The number of unbranched alkanes of at least 4 members (excludes halogenated alkanes) is 13. The summed E-state index contributed by atoms with van der Waals surface area (Å²) in [5, 5.41) is 0. The van der Waals surface area contributed by atoms with Crippen LogP contribution in [0.4, 0.5) is 0 Å². The van der Waals surface area contributed by atoms with Gasteiger partial charge in [-0.2, -0.15) is 0 Å². The third-order valence-electron chi connectivity index (χ3n) is 4.81. The summed E-state index contributed by atoms with van der Waals surface area (Å²) >= 11 is 2.23. The predicted molar refractivity (Wildman–Crippen MR) is 120 cm³/mol. The molecule has 1 aromatic rings. The van der Waals surface area contributed by atoms with Crippen LogP contribution in [0.15, 0.2) is 24.3 Å². The molecule has 0 bridgehead atoms. The van der Waals surface area contributed by atoms with Crippen molar-refractivity contribution in [2.75, 3.05) is 6.61 Å². The molecule has 0 aliphatic heterocycles. The van der Waals surface area contributed by atoms with Crippen LogP contribution in [-0.4, -0.2) is 12.6 Å². The lowest BCUT2D eigenvalue weighted by atomic mass is 10.0. The van der Waals surface area contributed by atoms with Crippen LogP contribution in [0.2, 0.25) is 0 Å². The molecule has 0 radical (unpaired) electrons. The number of rotatable bonds is 16. The van der Waals surface area contributed by atoms with E-state index in [1.54, 1.807) is 0 Å². The van der Waals surface area contributed by atoms with E-state index in [9.17, 15) is 4.79 Å². The highest BCUT2D eigenvalue weighted by atomic mass is 127. The van der Waals surface area contributed by atoms with Crippen molar-refractivity contribution >= 4 is 28.6 Å². The van der Waals surface area contributed by atoms with Crippen LogP contribution >= 0.6 is 22.6 Å². The molecular formula is C23H37IO2. The van der Waals surface area contributed by atoms with Gasteiger partial charge in [0.2, 0.25) is 0 Å². The quantitative estimate of drug-likeness (QED) is 0.139. The highest BCUT2D eigenvalue weighted by Gasteiger charge is 2.05. The van der Waals surface area contributed by atoms with E-state index >= 15 is 0 Å². The number of carbonyl (C=O) groups excluding carboxylic acids is 1. The van der Waals surface area contributed by atoms with Gasteiger partial charge in [0.25, 0.3) is 0 Å². The van der Waals surface area contributed by atoms with E-state index in [0.29, 0.717) is 12.2 Å². The van der Waals surface area contributed by atoms with Crippen LogP contribution < -0.4 is 0 Å². The Balaban J connectivity index is 1.82. The zero-order valence-electron chi connectivity index (χ0n) is 16.6. The fourth-order valence-electron chi connectivity index (χ4n) is 3.13. The lowest BCUT2D eigenvalue weighted by molar-refractivity contribution is 0.0497. The Labute approximate surface area is 174 Å². The molecular weight excluding hydrogens is 435 g/mol. The van der Waals surface area contributed by atoms with Gasteiger partial charge in [0.1, 0.15) is 0 Å². The Morgan fingerprint density at radius 1 is 0.731 bits per heavy atom. The van der Waals surface area contributed by atoms with Gasteiger partial charge in [-0.05, 0) is 53.3 Å². The first-order chi connectivity index (χ1) is 12.7. The van der Waals surface area contributed by atoms with Gasteiger partial charge < -0.3 is 4.74 Å². The van der Waals surface area contributed by atoms with E-state index in [0.717, 1.165) is 16.4 Å². The maximum Gasteiger partial charge on any atom is 0.338 e. The predicted octanol–water partition coefficient (Wildman–Crippen LogP) is 7.93. The Kier molecular flexibility index (Phi) is 15.0. The average molecular weight is 472 g/mol. The van der Waals surface area contributed by atoms with Gasteiger partial charge in [0.15, 0.2) is 0 Å². The third kappa shape index (κ3) is 12.7. The summed E-state index contributed by atoms with van der Waals surface area (Å²) in [6.07, 6.45) is 18.8. The fraction of sp³-hybridized carbons (Fsp3) is 0.696. The van der Waals surface area contributed by atoms with Crippen molar-refractivity contribution < 1.29 is 9.53 Å². The van der Waals surface area contributed by atoms with Gasteiger partial charge in [-0.25, -0.2) is 4.79 Å². The van der Waals surface area contributed by atoms with Gasteiger partial charge in [0.05, 0.1) is 12.2 Å². The molecule has 3 heteroatoms. The van der Waals surface area contributed by atoms with Crippen LogP contribution in [0.5, 0.6) is 0 Å². The second kappa shape index (κ2) is 16.6. The number of benzene rings is 1. The zero-order valence-corrected chi connectivity index (χ0v) is 18.8. The molecule has 0 heterocycles. The maximum atomic E-state index is 11.9. The van der Waals surface area contributed by atoms with E-state index in [1.165, 1.54) is 77.0 Å². The Morgan fingerprint density at radius 3 is 1.62 bits per heavy atom. The zero-order chi connectivity index (χ0) is 18.9. The minimum Gasteiger partial charge on any atom is -0.462 e. The van der Waals surface area contributed by atoms with Crippen molar-refractivity contribution in [3.63, 3.8) is 0 Å². The smallest absolute Gasteiger partial charge is 0.338 e. The van der Waals surface area contributed by atoms with E-state index in [2.05, 4.69) is 29.5 Å². The van der Waals surface area contributed by atoms with E-state index in [1.807, 2.05) is 24.3 Å². The normalized spacial score (nSPS) is 10.8. The van der Waals surface area contributed by atoms with Crippen LogP contribution in [-0.2, 0) is 4.74 Å². The molecule has 0 saturated heterocycles. The standard InChI is InChI=1S/C23H37IO2/c1-2-3-4-5-6-7-8-9-10-11-12-13-14-15-20-26-23(25)21-16-18-22(24)19-17-21/h16-19H,2-15,20H2,1H3. The molecule has 1 aromatic carbocycles. The molecule has 1 rings (SSSR count). The van der Waals surface area contributed by atoms with Crippen LogP contribution in [0.3, 0.4) is 0 Å². The second-order valence-corrected chi connectivity index (χ2v) is 8.48. The topological polar surface area (TPSA) is 26.3 Å². The Hall–Kier alpha value is -0.580. The summed E-state index contributed by atoms with van der Waals surface area (Å²) in [6.45, 7) is 2.82. The molecule has 0 atom stereocenters. The van der Waals surface area contributed by atoms with Crippen molar-refractivity contribution in [2.45, 2.75) is 96.8 Å². The van der Waals surface area contributed by atoms with Gasteiger partial charge in [-0.3, -0.25) is 0 Å². The minimum atomic E-state index is -0.198. The largest absolute Gasteiger partial charge is 0.462 e. The molecule has 148 valence electrons. The Morgan fingerprint density at radius 2 is 1.15 bits per heavy atom. The lowest BCUT2D eigenvalue weighted by Gasteiger charge is -2.05. The molecule has 26 heavy (non-hydrogen) atoms. The van der Waals surface area contributed by atoms with Crippen molar-refractivity contribution in [3.8, 4) is 0 Å². The van der Waals surface area contributed by atoms with Crippen LogP contribution in [0, 0.1) is 3.57 Å². The van der Waals surface area contributed by atoms with E-state index in [4.69, 9.17) is 4.74 Å². The molecule has 0 saturated carbocycles. The van der Waals surface area contributed by atoms with Crippen LogP contribution in [0.25, 0.3) is 0 Å². The SMILES string of the molecule is CCCCCCCCCCCCCCCCOC(=O)c1ccc(I)cc1. The summed E-state index contributed by atoms with van der Waals surface area (Å²) in [5.74, 6) is -0.198. The number of esters is 1. The van der Waals surface area contributed by atoms with Gasteiger partial charge in [-0.15, -0.1) is 0 Å². The van der Waals surface area contributed by atoms with Crippen molar-refractivity contribution in [1.82, 2.24) is 0 Å².